The van der Waals surface area contributed by atoms with Crippen molar-refractivity contribution in [3.63, 3.8) is 0 Å². The number of anilines is 1. The van der Waals surface area contributed by atoms with Crippen molar-refractivity contribution in [1.29, 1.82) is 0 Å². The molecule has 1 aliphatic heterocycles. The number of nitrogens with zero attached hydrogens (tertiary/aromatic N) is 3. The minimum Gasteiger partial charge on any atom is -0.402 e. The molecule has 1 heterocycles. The molecule has 0 unspecified atom stereocenters. The number of hydrogen-bond acceptors (Lipinski definition) is 5. The van der Waals surface area contributed by atoms with Gasteiger partial charge in [-0.2, -0.15) is 0 Å². The summed E-state index contributed by atoms with van der Waals surface area (Å²) in [6.07, 6.45) is 1.73. The zero-order chi connectivity index (χ0) is 25.9. The monoisotopic (exact) mass is 497 g/mol. The van der Waals surface area contributed by atoms with E-state index < -0.39 is 11.2 Å². The Hall–Kier alpha value is -3.32. The van der Waals surface area contributed by atoms with Crippen LogP contribution in [0.2, 0.25) is 5.02 Å². The van der Waals surface area contributed by atoms with Crippen LogP contribution in [0.25, 0.3) is 0 Å². The summed E-state index contributed by atoms with van der Waals surface area (Å²) >= 11 is 5.99. The summed E-state index contributed by atoms with van der Waals surface area (Å²) in [4.78, 5) is 21.2. The second-order valence-corrected chi connectivity index (χ2v) is 10.2. The molecule has 0 spiro atoms. The van der Waals surface area contributed by atoms with E-state index in [1.807, 2.05) is 54.8 Å². The average Bonchev–Trinajstić information content (AvgIpc) is 2.77. The Bertz CT molecular complexity index is 1160. The predicted molar refractivity (Wildman–Crippen MR) is 142 cm³/mol. The van der Waals surface area contributed by atoms with Crippen molar-refractivity contribution in [3.05, 3.63) is 88.6 Å². The van der Waals surface area contributed by atoms with Gasteiger partial charge in [0.15, 0.2) is 0 Å². The maximum Gasteiger partial charge on any atom is 0.228 e. The fourth-order valence-electron chi connectivity index (χ4n) is 4.16. The van der Waals surface area contributed by atoms with Gasteiger partial charge in [0.1, 0.15) is 11.6 Å². The van der Waals surface area contributed by atoms with Crippen LogP contribution >= 0.6 is 11.6 Å². The van der Waals surface area contributed by atoms with Crippen LogP contribution in [-0.4, -0.2) is 36.2 Å². The third kappa shape index (κ3) is 6.42. The number of nitrogens with two attached hydrogens (primary N) is 2. The number of piperazine rings is 1. The highest BCUT2D eigenvalue weighted by atomic mass is 35.5. The van der Waals surface area contributed by atoms with E-state index in [4.69, 9.17) is 23.1 Å². The first-order valence-corrected chi connectivity index (χ1v) is 11.8. The van der Waals surface area contributed by atoms with Crippen LogP contribution in [0.4, 0.5) is 10.1 Å². The lowest BCUT2D eigenvalue weighted by Gasteiger charge is -2.44. The molecule has 1 saturated heterocycles. The highest BCUT2D eigenvalue weighted by molar-refractivity contribution is 6.30. The quantitative estimate of drug-likeness (QED) is 0.569. The van der Waals surface area contributed by atoms with Crippen molar-refractivity contribution < 1.29 is 9.18 Å². The maximum absolute atomic E-state index is 14.9. The number of aliphatic imine (C=N–C) groups is 1. The number of hydrogen-bond donors (Lipinski definition) is 2. The van der Waals surface area contributed by atoms with E-state index in [0.717, 1.165) is 11.1 Å². The van der Waals surface area contributed by atoms with Gasteiger partial charge in [0.05, 0.1) is 17.4 Å². The van der Waals surface area contributed by atoms with Gasteiger partial charge in [0, 0.05) is 41.3 Å². The minimum atomic E-state index is -0.509. The fourth-order valence-corrected chi connectivity index (χ4v) is 4.31. The van der Waals surface area contributed by atoms with Gasteiger partial charge >= 0.3 is 0 Å². The largest absolute Gasteiger partial charge is 0.402 e. The lowest BCUT2D eigenvalue weighted by Crippen LogP contribution is -2.53. The molecule has 1 fully saturated rings. The second-order valence-electron chi connectivity index (χ2n) is 9.80. The number of benzene rings is 2. The number of amides is 1. The van der Waals surface area contributed by atoms with E-state index in [1.165, 1.54) is 6.07 Å². The Kier molecular flexibility index (Phi) is 7.90. The number of allylic oxidation sites excluding steroid dienone is 2. The zero-order valence-electron chi connectivity index (χ0n) is 20.7. The molecule has 0 aromatic heterocycles. The molecule has 0 bridgehead atoms. The lowest BCUT2D eigenvalue weighted by atomic mass is 9.92. The molecule has 6 nitrogen and oxygen atoms in total. The van der Waals surface area contributed by atoms with Crippen molar-refractivity contribution in [2.45, 2.75) is 33.7 Å². The molecular weight excluding hydrogens is 465 g/mol. The Labute approximate surface area is 211 Å². The molecule has 186 valence electrons. The second kappa shape index (κ2) is 10.5. The molecule has 1 amide bonds. The number of halogens is 2. The van der Waals surface area contributed by atoms with Crippen LogP contribution in [0.5, 0.6) is 0 Å². The Morgan fingerprint density at radius 2 is 1.83 bits per heavy atom. The molecule has 35 heavy (non-hydrogen) atoms. The Morgan fingerprint density at radius 1 is 1.17 bits per heavy atom. The summed E-state index contributed by atoms with van der Waals surface area (Å²) in [6.45, 7) is 12.6. The van der Waals surface area contributed by atoms with Crippen LogP contribution < -0.4 is 16.4 Å². The topological polar surface area (TPSA) is 87.9 Å². The highest BCUT2D eigenvalue weighted by Gasteiger charge is 2.35. The third-order valence-corrected chi connectivity index (χ3v) is 5.98. The highest BCUT2D eigenvalue weighted by Crippen LogP contribution is 2.35. The van der Waals surface area contributed by atoms with E-state index in [0.29, 0.717) is 41.8 Å². The molecule has 3 rings (SSSR count). The molecule has 2 aromatic carbocycles. The van der Waals surface area contributed by atoms with E-state index in [2.05, 4.69) is 11.6 Å². The van der Waals surface area contributed by atoms with Crippen LogP contribution in [0, 0.1) is 11.2 Å². The van der Waals surface area contributed by atoms with Crippen molar-refractivity contribution in [1.82, 2.24) is 4.90 Å². The number of carbonyl (C=O) groups is 1. The van der Waals surface area contributed by atoms with Crippen LogP contribution in [0.1, 0.15) is 44.9 Å². The summed E-state index contributed by atoms with van der Waals surface area (Å²) < 4.78 is 14.9. The van der Waals surface area contributed by atoms with Crippen LogP contribution in [0.15, 0.2) is 71.6 Å². The van der Waals surface area contributed by atoms with Gasteiger partial charge in [-0.3, -0.25) is 4.79 Å². The first-order valence-electron chi connectivity index (χ1n) is 11.4. The van der Waals surface area contributed by atoms with E-state index >= 15 is 0 Å². The molecule has 1 aliphatic rings. The van der Waals surface area contributed by atoms with Gasteiger partial charge in [-0.05, 0) is 36.8 Å². The smallest absolute Gasteiger partial charge is 0.228 e. The zero-order valence-corrected chi connectivity index (χ0v) is 21.4. The van der Waals surface area contributed by atoms with E-state index in [-0.39, 0.29) is 17.8 Å². The number of rotatable bonds is 5. The van der Waals surface area contributed by atoms with Crippen molar-refractivity contribution >= 4 is 28.9 Å². The van der Waals surface area contributed by atoms with Gasteiger partial charge < -0.3 is 21.3 Å². The van der Waals surface area contributed by atoms with Gasteiger partial charge in [-0.1, -0.05) is 63.2 Å². The summed E-state index contributed by atoms with van der Waals surface area (Å²) in [6, 6.07) is 12.2. The summed E-state index contributed by atoms with van der Waals surface area (Å²) in [5.41, 5.74) is 14.4. The van der Waals surface area contributed by atoms with Gasteiger partial charge in [0.25, 0.3) is 0 Å². The predicted octanol–water partition coefficient (Wildman–Crippen LogP) is 5.00. The summed E-state index contributed by atoms with van der Waals surface area (Å²) in [7, 11) is 0. The molecular formula is C27H33ClFN5O. The minimum absolute atomic E-state index is 0.0646. The lowest BCUT2D eigenvalue weighted by molar-refractivity contribution is -0.140. The summed E-state index contributed by atoms with van der Waals surface area (Å²) in [5.74, 6) is -0.154. The SMILES string of the molecule is C=C(N)/N=C(\C=C(\C)N)c1ccc([C@@H]2CN(C(=O)C(C)(C)C)CCN2c2ccc(Cl)cc2F)cc1. The van der Waals surface area contributed by atoms with Gasteiger partial charge in [0.2, 0.25) is 5.91 Å². The molecule has 8 heteroatoms. The van der Waals surface area contributed by atoms with E-state index in [9.17, 15) is 9.18 Å². The average molecular weight is 498 g/mol. The van der Waals surface area contributed by atoms with Gasteiger partial charge in [-0.25, -0.2) is 9.38 Å². The molecule has 1 atom stereocenters. The summed E-state index contributed by atoms with van der Waals surface area (Å²) in [5, 5.41) is 0.338. The standard InChI is InChI=1S/C27H33ClFN5O/c1-17(30)14-23(32-18(2)31)19-6-8-20(9-7-19)25-16-33(26(35)27(3,4)5)12-13-34(25)24-11-10-21(28)15-22(24)29/h6-11,14-15,25H,2,12-13,16,30-31H2,1,3-5H3/b17-14-,32-23+/t25-/m0/s1. The molecule has 0 aliphatic carbocycles. The first-order chi connectivity index (χ1) is 16.4. The molecule has 4 N–H and O–H groups in total. The number of carbonyl (C=O) groups excluding carboxylic acids is 1. The van der Waals surface area contributed by atoms with Gasteiger partial charge in [-0.15, -0.1) is 0 Å². The Morgan fingerprint density at radius 3 is 2.37 bits per heavy atom. The van der Waals surface area contributed by atoms with Crippen molar-refractivity contribution in [2.75, 3.05) is 24.5 Å². The van der Waals surface area contributed by atoms with Crippen LogP contribution in [-0.2, 0) is 4.79 Å². The Balaban J connectivity index is 2.02. The normalized spacial score (nSPS) is 17.5. The van der Waals surface area contributed by atoms with Crippen molar-refractivity contribution in [3.8, 4) is 0 Å². The van der Waals surface area contributed by atoms with Crippen molar-refractivity contribution in [2.24, 2.45) is 21.9 Å². The van der Waals surface area contributed by atoms with Crippen LogP contribution in [0.3, 0.4) is 0 Å². The molecule has 0 saturated carbocycles. The van der Waals surface area contributed by atoms with E-state index in [1.54, 1.807) is 25.1 Å². The third-order valence-electron chi connectivity index (χ3n) is 5.75. The first kappa shape index (κ1) is 26.3. The maximum atomic E-state index is 14.9. The molecule has 0 radical (unpaired) electrons. The fraction of sp³-hybridized carbons (Fsp3) is 0.333. The molecule has 2 aromatic rings.